The van der Waals surface area contributed by atoms with Gasteiger partial charge < -0.3 is 11.1 Å². The fraction of sp³-hybridized carbons (Fsp3) is 0.231. The molecule has 0 aliphatic heterocycles. The highest BCUT2D eigenvalue weighted by Crippen LogP contribution is 2.20. The Morgan fingerprint density at radius 2 is 1.94 bits per heavy atom. The van der Waals surface area contributed by atoms with Gasteiger partial charge in [-0.25, -0.2) is 9.37 Å². The van der Waals surface area contributed by atoms with Crippen molar-refractivity contribution in [1.82, 2.24) is 9.97 Å². The number of hydrogen-bond donors (Lipinski definition) is 2. The third-order valence-electron chi connectivity index (χ3n) is 2.71. The van der Waals surface area contributed by atoms with Gasteiger partial charge in [0.25, 0.3) is 0 Å². The molecule has 0 fully saturated rings. The number of benzene rings is 1. The van der Waals surface area contributed by atoms with E-state index in [9.17, 15) is 4.39 Å². The average Bonchev–Trinajstić information content (AvgIpc) is 2.34. The van der Waals surface area contributed by atoms with Gasteiger partial charge in [-0.05, 0) is 31.5 Å². The Labute approximate surface area is 105 Å². The summed E-state index contributed by atoms with van der Waals surface area (Å²) in [6.45, 7) is 3.88. The molecule has 0 amide bonds. The van der Waals surface area contributed by atoms with Crippen LogP contribution in [0.2, 0.25) is 0 Å². The normalized spacial score (nSPS) is 12.2. The molecule has 0 saturated carbocycles. The SMILES string of the molecule is Cc1cnc(N)nc1NC(C)c1ccc(F)cc1. The number of nitrogen functional groups attached to an aromatic ring is 1. The summed E-state index contributed by atoms with van der Waals surface area (Å²) in [7, 11) is 0. The Hall–Kier alpha value is -2.17. The minimum atomic E-state index is -0.242. The lowest BCUT2D eigenvalue weighted by atomic mass is 10.1. The molecular formula is C13H15FN4. The van der Waals surface area contributed by atoms with Crippen LogP contribution in [0, 0.1) is 12.7 Å². The first-order chi connectivity index (χ1) is 8.56. The molecule has 2 rings (SSSR count). The van der Waals surface area contributed by atoms with Gasteiger partial charge in [0.2, 0.25) is 5.95 Å². The van der Waals surface area contributed by atoms with Crippen molar-refractivity contribution in [2.24, 2.45) is 0 Å². The van der Waals surface area contributed by atoms with E-state index in [2.05, 4.69) is 15.3 Å². The number of nitrogens with one attached hydrogen (secondary N) is 1. The second-order valence-electron chi connectivity index (χ2n) is 4.18. The molecule has 1 aromatic carbocycles. The number of halogens is 1. The first kappa shape index (κ1) is 12.3. The first-order valence-electron chi connectivity index (χ1n) is 5.67. The van der Waals surface area contributed by atoms with Crippen LogP contribution < -0.4 is 11.1 Å². The van der Waals surface area contributed by atoms with Crippen LogP contribution in [-0.2, 0) is 0 Å². The molecule has 1 heterocycles. The molecule has 4 nitrogen and oxygen atoms in total. The third kappa shape index (κ3) is 2.74. The number of aryl methyl sites for hydroxylation is 1. The first-order valence-corrected chi connectivity index (χ1v) is 5.67. The Morgan fingerprint density at radius 1 is 1.28 bits per heavy atom. The quantitative estimate of drug-likeness (QED) is 0.874. The molecule has 0 radical (unpaired) electrons. The second kappa shape index (κ2) is 5.00. The van der Waals surface area contributed by atoms with Crippen LogP contribution in [0.15, 0.2) is 30.5 Å². The summed E-state index contributed by atoms with van der Waals surface area (Å²) >= 11 is 0. The minimum absolute atomic E-state index is 0.0126. The van der Waals surface area contributed by atoms with Crippen LogP contribution in [0.4, 0.5) is 16.2 Å². The van der Waals surface area contributed by atoms with E-state index in [1.54, 1.807) is 18.3 Å². The predicted octanol–water partition coefficient (Wildman–Crippen LogP) is 2.68. The van der Waals surface area contributed by atoms with Gasteiger partial charge in [0.15, 0.2) is 0 Å². The molecule has 18 heavy (non-hydrogen) atoms. The lowest BCUT2D eigenvalue weighted by Crippen LogP contribution is -2.10. The summed E-state index contributed by atoms with van der Waals surface area (Å²) in [5.41, 5.74) is 7.44. The van der Waals surface area contributed by atoms with Gasteiger partial charge in [-0.3, -0.25) is 0 Å². The van der Waals surface area contributed by atoms with Crippen molar-refractivity contribution in [3.05, 3.63) is 47.4 Å². The fourth-order valence-corrected chi connectivity index (χ4v) is 1.64. The van der Waals surface area contributed by atoms with E-state index in [1.807, 2.05) is 13.8 Å². The molecule has 2 aromatic rings. The van der Waals surface area contributed by atoms with Gasteiger partial charge in [-0.2, -0.15) is 4.98 Å². The number of nitrogens with two attached hydrogens (primary N) is 1. The molecule has 0 spiro atoms. The van der Waals surface area contributed by atoms with Crippen molar-refractivity contribution >= 4 is 11.8 Å². The van der Waals surface area contributed by atoms with Crippen LogP contribution in [0.25, 0.3) is 0 Å². The standard InChI is InChI=1S/C13H15FN4/c1-8-7-16-13(15)18-12(8)17-9(2)10-3-5-11(14)6-4-10/h3-7,9H,1-2H3,(H3,15,16,17,18). The third-order valence-corrected chi connectivity index (χ3v) is 2.71. The Balaban J connectivity index is 2.18. The highest BCUT2D eigenvalue weighted by Gasteiger charge is 2.08. The average molecular weight is 246 g/mol. The maximum absolute atomic E-state index is 12.8. The Kier molecular flexibility index (Phi) is 3.41. The molecule has 0 saturated heterocycles. The smallest absolute Gasteiger partial charge is 0.221 e. The van der Waals surface area contributed by atoms with E-state index >= 15 is 0 Å². The zero-order chi connectivity index (χ0) is 13.1. The van der Waals surface area contributed by atoms with Crippen molar-refractivity contribution < 1.29 is 4.39 Å². The van der Waals surface area contributed by atoms with Gasteiger partial charge >= 0.3 is 0 Å². The van der Waals surface area contributed by atoms with Crippen molar-refractivity contribution in [3.8, 4) is 0 Å². The summed E-state index contributed by atoms with van der Waals surface area (Å²) in [6.07, 6.45) is 1.67. The number of aromatic nitrogens is 2. The molecule has 1 aromatic heterocycles. The summed E-state index contributed by atoms with van der Waals surface area (Å²) in [5.74, 6) is 0.683. The highest BCUT2D eigenvalue weighted by atomic mass is 19.1. The van der Waals surface area contributed by atoms with E-state index < -0.39 is 0 Å². The van der Waals surface area contributed by atoms with Crippen LogP contribution >= 0.6 is 0 Å². The monoisotopic (exact) mass is 246 g/mol. The van der Waals surface area contributed by atoms with E-state index in [4.69, 9.17) is 5.73 Å². The zero-order valence-electron chi connectivity index (χ0n) is 10.3. The summed E-state index contributed by atoms with van der Waals surface area (Å²) in [5, 5.41) is 3.23. The van der Waals surface area contributed by atoms with Crippen molar-refractivity contribution in [3.63, 3.8) is 0 Å². The largest absolute Gasteiger partial charge is 0.368 e. The van der Waals surface area contributed by atoms with Crippen LogP contribution in [0.3, 0.4) is 0 Å². The summed E-state index contributed by atoms with van der Waals surface area (Å²) < 4.78 is 12.8. The molecule has 94 valence electrons. The van der Waals surface area contributed by atoms with Crippen LogP contribution in [0.5, 0.6) is 0 Å². The molecular weight excluding hydrogens is 231 g/mol. The lowest BCUT2D eigenvalue weighted by molar-refractivity contribution is 0.626. The number of hydrogen-bond acceptors (Lipinski definition) is 4. The molecule has 1 atom stereocenters. The summed E-state index contributed by atoms with van der Waals surface area (Å²) in [4.78, 5) is 8.05. The summed E-state index contributed by atoms with van der Waals surface area (Å²) in [6, 6.07) is 6.38. The Morgan fingerprint density at radius 3 is 2.61 bits per heavy atom. The predicted molar refractivity (Wildman–Crippen MR) is 69.6 cm³/mol. The van der Waals surface area contributed by atoms with E-state index in [1.165, 1.54) is 12.1 Å². The number of rotatable bonds is 3. The molecule has 1 unspecified atom stereocenters. The Bertz CT molecular complexity index is 539. The maximum atomic E-state index is 12.8. The molecule has 0 aliphatic carbocycles. The van der Waals surface area contributed by atoms with E-state index in [-0.39, 0.29) is 17.8 Å². The lowest BCUT2D eigenvalue weighted by Gasteiger charge is -2.16. The topological polar surface area (TPSA) is 63.8 Å². The number of anilines is 2. The number of nitrogens with zero attached hydrogens (tertiary/aromatic N) is 2. The fourth-order valence-electron chi connectivity index (χ4n) is 1.64. The van der Waals surface area contributed by atoms with Gasteiger partial charge in [0, 0.05) is 17.8 Å². The highest BCUT2D eigenvalue weighted by molar-refractivity contribution is 5.47. The molecule has 3 N–H and O–H groups in total. The molecule has 0 bridgehead atoms. The van der Waals surface area contributed by atoms with E-state index in [0.29, 0.717) is 5.82 Å². The minimum Gasteiger partial charge on any atom is -0.368 e. The van der Waals surface area contributed by atoms with Gasteiger partial charge in [0.05, 0.1) is 0 Å². The maximum Gasteiger partial charge on any atom is 0.221 e. The zero-order valence-corrected chi connectivity index (χ0v) is 10.3. The molecule has 5 heteroatoms. The molecule has 0 aliphatic rings. The van der Waals surface area contributed by atoms with E-state index in [0.717, 1.165) is 11.1 Å². The van der Waals surface area contributed by atoms with Crippen molar-refractivity contribution in [2.45, 2.75) is 19.9 Å². The van der Waals surface area contributed by atoms with Crippen LogP contribution in [0.1, 0.15) is 24.1 Å². The second-order valence-corrected chi connectivity index (χ2v) is 4.18. The van der Waals surface area contributed by atoms with Gasteiger partial charge in [-0.15, -0.1) is 0 Å². The van der Waals surface area contributed by atoms with Gasteiger partial charge in [0.1, 0.15) is 11.6 Å². The van der Waals surface area contributed by atoms with Crippen molar-refractivity contribution in [1.29, 1.82) is 0 Å². The van der Waals surface area contributed by atoms with Crippen molar-refractivity contribution in [2.75, 3.05) is 11.1 Å². The van der Waals surface area contributed by atoms with Gasteiger partial charge in [-0.1, -0.05) is 12.1 Å². The van der Waals surface area contributed by atoms with Crippen LogP contribution in [-0.4, -0.2) is 9.97 Å².